The van der Waals surface area contributed by atoms with Crippen molar-refractivity contribution < 1.29 is 27.9 Å². The van der Waals surface area contributed by atoms with Gasteiger partial charge in [0.1, 0.15) is 5.75 Å². The molecule has 2 aromatic rings. The molecule has 0 saturated carbocycles. The topological polar surface area (TPSA) is 101 Å². The molecular formula is C19H21NO6S. The van der Waals surface area contributed by atoms with Crippen molar-refractivity contribution in [3.05, 3.63) is 59.7 Å². The van der Waals surface area contributed by atoms with E-state index in [1.54, 1.807) is 38.2 Å². The van der Waals surface area contributed by atoms with Crippen LogP contribution in [0.2, 0.25) is 0 Å². The molecule has 2 rings (SSSR count). The molecule has 0 atom stereocenters. The molecule has 0 aliphatic carbocycles. The van der Waals surface area contributed by atoms with Gasteiger partial charge in [0.25, 0.3) is 5.91 Å². The first kappa shape index (κ1) is 20.4. The molecule has 144 valence electrons. The van der Waals surface area contributed by atoms with Gasteiger partial charge in [-0.3, -0.25) is 4.79 Å². The number of carboxylic acids is 1. The summed E-state index contributed by atoms with van der Waals surface area (Å²) in [6.45, 7) is 1.49. The van der Waals surface area contributed by atoms with Gasteiger partial charge >= 0.3 is 5.97 Å². The van der Waals surface area contributed by atoms with E-state index in [2.05, 4.69) is 0 Å². The Morgan fingerprint density at radius 1 is 1.04 bits per heavy atom. The van der Waals surface area contributed by atoms with E-state index in [1.807, 2.05) is 0 Å². The van der Waals surface area contributed by atoms with Crippen molar-refractivity contribution >= 4 is 21.7 Å². The highest BCUT2D eigenvalue weighted by Gasteiger charge is 2.15. The second-order valence-corrected chi connectivity index (χ2v) is 8.19. The highest BCUT2D eigenvalue weighted by atomic mass is 32.2. The summed E-state index contributed by atoms with van der Waals surface area (Å²) in [6, 6.07) is 12.7. The van der Waals surface area contributed by atoms with E-state index < -0.39 is 22.4 Å². The quantitative estimate of drug-likeness (QED) is 0.740. The van der Waals surface area contributed by atoms with Gasteiger partial charge < -0.3 is 14.7 Å². The van der Waals surface area contributed by atoms with E-state index in [4.69, 9.17) is 9.84 Å². The SMILES string of the molecule is CCS(=O)(=O)c1ccc(C(=O)N(C)Cc2ccc(OCC(=O)O)cc2)cc1. The molecule has 0 bridgehead atoms. The molecule has 8 heteroatoms. The number of sulfone groups is 1. The Hall–Kier alpha value is -2.87. The van der Waals surface area contributed by atoms with Crippen LogP contribution in [0, 0.1) is 0 Å². The lowest BCUT2D eigenvalue weighted by atomic mass is 10.1. The third-order valence-electron chi connectivity index (χ3n) is 3.89. The van der Waals surface area contributed by atoms with Crippen molar-refractivity contribution in [3.8, 4) is 5.75 Å². The standard InChI is InChI=1S/C19H21NO6S/c1-3-27(24,25)17-10-6-15(7-11-17)19(23)20(2)12-14-4-8-16(9-5-14)26-13-18(21)22/h4-11H,3,12-13H2,1-2H3,(H,21,22). The largest absolute Gasteiger partial charge is 0.482 e. The fraction of sp³-hybridized carbons (Fsp3) is 0.263. The minimum absolute atomic E-state index is 0.00632. The molecule has 0 unspecified atom stereocenters. The molecular weight excluding hydrogens is 370 g/mol. The summed E-state index contributed by atoms with van der Waals surface area (Å²) in [5, 5.41) is 8.59. The predicted octanol–water partition coefficient (Wildman–Crippen LogP) is 2.22. The van der Waals surface area contributed by atoms with Gasteiger partial charge in [-0.15, -0.1) is 0 Å². The molecule has 0 radical (unpaired) electrons. The number of aliphatic carboxylic acids is 1. The number of nitrogens with zero attached hydrogens (tertiary/aromatic N) is 1. The first-order chi connectivity index (χ1) is 12.7. The van der Waals surface area contributed by atoms with Crippen LogP contribution in [-0.2, 0) is 21.2 Å². The number of carboxylic acid groups (broad SMARTS) is 1. The van der Waals surface area contributed by atoms with Crippen LogP contribution in [0.4, 0.5) is 0 Å². The van der Waals surface area contributed by atoms with E-state index in [1.165, 1.54) is 29.2 Å². The van der Waals surface area contributed by atoms with Crippen molar-refractivity contribution in [1.82, 2.24) is 4.90 Å². The zero-order valence-corrected chi connectivity index (χ0v) is 15.9. The molecule has 7 nitrogen and oxygen atoms in total. The second-order valence-electron chi connectivity index (χ2n) is 5.92. The number of ether oxygens (including phenoxy) is 1. The molecule has 0 aliphatic rings. The van der Waals surface area contributed by atoms with Crippen LogP contribution in [0.15, 0.2) is 53.4 Å². The van der Waals surface area contributed by atoms with Crippen LogP contribution in [-0.4, -0.2) is 49.7 Å². The van der Waals surface area contributed by atoms with Crippen LogP contribution < -0.4 is 4.74 Å². The third-order valence-corrected chi connectivity index (χ3v) is 5.64. The highest BCUT2D eigenvalue weighted by molar-refractivity contribution is 7.91. The molecule has 1 amide bonds. The summed E-state index contributed by atoms with van der Waals surface area (Å²) < 4.78 is 28.7. The Morgan fingerprint density at radius 3 is 2.15 bits per heavy atom. The van der Waals surface area contributed by atoms with Gasteiger partial charge in [0.05, 0.1) is 10.6 Å². The molecule has 0 aliphatic heterocycles. The maximum atomic E-state index is 12.5. The van der Waals surface area contributed by atoms with Crippen LogP contribution in [0.25, 0.3) is 0 Å². The summed E-state index contributed by atoms with van der Waals surface area (Å²) in [5.41, 5.74) is 1.24. The Kier molecular flexibility index (Phi) is 6.57. The van der Waals surface area contributed by atoms with E-state index in [0.717, 1.165) is 5.56 Å². The van der Waals surface area contributed by atoms with Gasteiger partial charge in [-0.05, 0) is 42.0 Å². The summed E-state index contributed by atoms with van der Waals surface area (Å²) in [7, 11) is -1.65. The Balaban J connectivity index is 2.02. The molecule has 0 saturated heterocycles. The van der Waals surface area contributed by atoms with E-state index >= 15 is 0 Å². The maximum Gasteiger partial charge on any atom is 0.341 e. The third kappa shape index (κ3) is 5.55. The van der Waals surface area contributed by atoms with E-state index in [9.17, 15) is 18.0 Å². The Morgan fingerprint density at radius 2 is 1.63 bits per heavy atom. The summed E-state index contributed by atoms with van der Waals surface area (Å²) in [5.74, 6) is -0.849. The number of carbonyl (C=O) groups is 2. The minimum atomic E-state index is -3.30. The van der Waals surface area contributed by atoms with Gasteiger partial charge in [0.15, 0.2) is 16.4 Å². The molecule has 27 heavy (non-hydrogen) atoms. The monoisotopic (exact) mass is 391 g/mol. The molecule has 1 N–H and O–H groups in total. The first-order valence-corrected chi connectivity index (χ1v) is 9.90. The molecule has 0 heterocycles. The number of hydrogen-bond donors (Lipinski definition) is 1. The molecule has 2 aromatic carbocycles. The molecule has 0 spiro atoms. The fourth-order valence-corrected chi connectivity index (χ4v) is 3.26. The fourth-order valence-electron chi connectivity index (χ4n) is 2.37. The number of benzene rings is 2. The van der Waals surface area contributed by atoms with Gasteiger partial charge in [0, 0.05) is 19.2 Å². The average Bonchev–Trinajstić information content (AvgIpc) is 2.66. The normalized spacial score (nSPS) is 11.0. The van der Waals surface area contributed by atoms with Crippen molar-refractivity contribution in [1.29, 1.82) is 0 Å². The molecule has 0 fully saturated rings. The van der Waals surface area contributed by atoms with Gasteiger partial charge in [-0.25, -0.2) is 13.2 Å². The van der Waals surface area contributed by atoms with Crippen molar-refractivity contribution in [2.45, 2.75) is 18.4 Å². The maximum absolute atomic E-state index is 12.5. The van der Waals surface area contributed by atoms with Crippen LogP contribution in [0.1, 0.15) is 22.8 Å². The summed E-state index contributed by atoms with van der Waals surface area (Å²) in [4.78, 5) is 24.7. The minimum Gasteiger partial charge on any atom is -0.482 e. The van der Waals surface area contributed by atoms with Crippen LogP contribution >= 0.6 is 0 Å². The number of hydrogen-bond acceptors (Lipinski definition) is 5. The number of rotatable bonds is 8. The van der Waals surface area contributed by atoms with Crippen LogP contribution in [0.5, 0.6) is 5.75 Å². The zero-order chi connectivity index (χ0) is 20.0. The first-order valence-electron chi connectivity index (χ1n) is 8.24. The zero-order valence-electron chi connectivity index (χ0n) is 15.1. The lowest BCUT2D eigenvalue weighted by Gasteiger charge is -2.18. The van der Waals surface area contributed by atoms with Gasteiger partial charge in [-0.1, -0.05) is 19.1 Å². The Bertz CT molecular complexity index is 904. The number of carbonyl (C=O) groups excluding carboxylic acids is 1. The van der Waals surface area contributed by atoms with Crippen molar-refractivity contribution in [2.75, 3.05) is 19.4 Å². The van der Waals surface area contributed by atoms with Gasteiger partial charge in [-0.2, -0.15) is 0 Å². The smallest absolute Gasteiger partial charge is 0.341 e. The van der Waals surface area contributed by atoms with E-state index in [0.29, 0.717) is 17.9 Å². The second kappa shape index (κ2) is 8.68. The average molecular weight is 391 g/mol. The van der Waals surface area contributed by atoms with Gasteiger partial charge in [0.2, 0.25) is 0 Å². The van der Waals surface area contributed by atoms with Crippen molar-refractivity contribution in [2.24, 2.45) is 0 Å². The van der Waals surface area contributed by atoms with E-state index in [-0.39, 0.29) is 16.6 Å². The predicted molar refractivity (Wildman–Crippen MR) is 99.5 cm³/mol. The van der Waals surface area contributed by atoms with Crippen molar-refractivity contribution in [3.63, 3.8) is 0 Å². The molecule has 0 aromatic heterocycles. The summed E-state index contributed by atoms with van der Waals surface area (Å²) in [6.07, 6.45) is 0. The number of amides is 1. The van der Waals surface area contributed by atoms with Crippen LogP contribution in [0.3, 0.4) is 0 Å². The Labute approximate surface area is 158 Å². The summed E-state index contributed by atoms with van der Waals surface area (Å²) >= 11 is 0. The lowest BCUT2D eigenvalue weighted by Crippen LogP contribution is -2.26. The highest BCUT2D eigenvalue weighted by Crippen LogP contribution is 2.16. The lowest BCUT2D eigenvalue weighted by molar-refractivity contribution is -0.139.